The average Bonchev–Trinajstić information content (AvgIpc) is 3.05. The van der Waals surface area contributed by atoms with Crippen LogP contribution in [0.25, 0.3) is 0 Å². The van der Waals surface area contributed by atoms with Gasteiger partial charge in [-0.15, -0.1) is 0 Å². The molecule has 0 aliphatic carbocycles. The molecule has 4 aromatic carbocycles. The van der Waals surface area contributed by atoms with Crippen LogP contribution in [0.15, 0.2) is 115 Å². The number of benzene rings is 4. The van der Waals surface area contributed by atoms with Gasteiger partial charge in [-0.1, -0.05) is 164 Å². The van der Waals surface area contributed by atoms with Gasteiger partial charge in [0.1, 0.15) is 0 Å². The summed E-state index contributed by atoms with van der Waals surface area (Å²) >= 11 is 14.3. The molecule has 240 valence electrons. The Kier molecular flexibility index (Phi) is 17.0. The van der Waals surface area contributed by atoms with Gasteiger partial charge in [-0.25, -0.2) is 0 Å². The molecule has 0 amide bonds. The van der Waals surface area contributed by atoms with Crippen LogP contribution in [-0.4, -0.2) is 0 Å². The van der Waals surface area contributed by atoms with E-state index >= 15 is 0 Å². The lowest BCUT2D eigenvalue weighted by molar-refractivity contribution is -0.0264. The molecule has 0 heterocycles. The summed E-state index contributed by atoms with van der Waals surface area (Å²) in [6, 6.07) is 35.0. The van der Waals surface area contributed by atoms with Gasteiger partial charge in [-0.3, -0.25) is 0 Å². The number of rotatable bonds is 20. The smallest absolute Gasteiger partial charge is 0.0833 e. The Labute approximate surface area is 305 Å². The van der Waals surface area contributed by atoms with Crippen molar-refractivity contribution in [3.8, 4) is 0 Å². The van der Waals surface area contributed by atoms with Crippen LogP contribution in [-0.2, 0) is 17.6 Å². The first-order valence-corrected chi connectivity index (χ1v) is 19.8. The minimum Gasteiger partial charge on any atom is -0.366 e. The Morgan fingerprint density at radius 1 is 0.356 bits per heavy atom. The minimum absolute atomic E-state index is 0.0976. The Morgan fingerprint density at radius 3 is 1.00 bits per heavy atom. The van der Waals surface area contributed by atoms with Gasteiger partial charge in [0.25, 0.3) is 0 Å². The van der Waals surface area contributed by atoms with Gasteiger partial charge in [0.05, 0.1) is 12.2 Å². The Bertz CT molecular complexity index is 1240. The number of hydrogen-bond acceptors (Lipinski definition) is 1. The van der Waals surface area contributed by atoms with Crippen molar-refractivity contribution in [2.24, 2.45) is 0 Å². The third kappa shape index (κ3) is 14.2. The summed E-state index contributed by atoms with van der Waals surface area (Å²) in [6.07, 6.45) is 17.1. The van der Waals surface area contributed by atoms with E-state index in [1.807, 2.05) is 0 Å². The molecule has 2 unspecified atom stereocenters. The summed E-state index contributed by atoms with van der Waals surface area (Å²) in [5.41, 5.74) is 5.43. The van der Waals surface area contributed by atoms with Crippen molar-refractivity contribution >= 4 is 63.7 Å². The largest absolute Gasteiger partial charge is 0.366 e. The van der Waals surface area contributed by atoms with E-state index in [1.54, 1.807) is 0 Å². The first-order valence-electron chi connectivity index (χ1n) is 16.6. The Balaban J connectivity index is 1.26. The van der Waals surface area contributed by atoms with Crippen LogP contribution in [0.1, 0.15) is 112 Å². The molecule has 4 rings (SSSR count). The van der Waals surface area contributed by atoms with Crippen molar-refractivity contribution in [2.45, 2.75) is 102 Å². The molecule has 1 nitrogen and oxygen atoms in total. The molecule has 0 spiro atoms. The topological polar surface area (TPSA) is 9.23 Å². The van der Waals surface area contributed by atoms with Gasteiger partial charge in [0.15, 0.2) is 0 Å². The molecule has 0 radical (unpaired) electrons. The predicted octanol–water partition coefficient (Wildman–Crippen LogP) is 14.7. The van der Waals surface area contributed by atoms with Crippen molar-refractivity contribution in [2.75, 3.05) is 0 Å². The van der Waals surface area contributed by atoms with Crippen LogP contribution in [0, 0.1) is 0 Å². The predicted molar refractivity (Wildman–Crippen MR) is 206 cm³/mol. The summed E-state index contributed by atoms with van der Waals surface area (Å²) in [6.45, 7) is 0. The molecule has 0 saturated heterocycles. The third-order valence-corrected chi connectivity index (χ3v) is 10.6. The van der Waals surface area contributed by atoms with E-state index < -0.39 is 0 Å². The summed E-state index contributed by atoms with van der Waals surface area (Å²) in [4.78, 5) is 0. The van der Waals surface area contributed by atoms with Gasteiger partial charge >= 0.3 is 0 Å². The molecular formula is C40H46Br4O. The summed E-state index contributed by atoms with van der Waals surface area (Å²) in [5, 5.41) is 0. The minimum atomic E-state index is 0.0976. The highest BCUT2D eigenvalue weighted by Gasteiger charge is 2.20. The fraction of sp³-hybridized carbons (Fsp3) is 0.400. The number of ether oxygens (including phenoxy) is 1. The van der Waals surface area contributed by atoms with Crippen LogP contribution >= 0.6 is 63.7 Å². The number of aryl methyl sites for hydroxylation is 2. The molecule has 0 saturated carbocycles. The van der Waals surface area contributed by atoms with E-state index in [1.165, 1.54) is 86.5 Å². The van der Waals surface area contributed by atoms with Crippen LogP contribution in [0.2, 0.25) is 0 Å². The standard InChI is InChI=1S/C40H46Br4O/c41-35-23-15-31(16-24-35)11-7-3-1-5-9-13-39(33-19-27-37(43)28-20-33)45-40(34-21-29-38(44)30-22-34)14-10-6-2-4-8-12-32-17-25-36(42)26-18-32/h15-30,39-40H,1-14H2. The molecule has 2 atom stereocenters. The zero-order valence-corrected chi connectivity index (χ0v) is 32.6. The van der Waals surface area contributed by atoms with E-state index in [2.05, 4.69) is 161 Å². The molecule has 0 fully saturated rings. The molecule has 4 aromatic rings. The van der Waals surface area contributed by atoms with Crippen molar-refractivity contribution in [1.82, 2.24) is 0 Å². The molecule has 0 N–H and O–H groups in total. The Morgan fingerprint density at radius 2 is 0.644 bits per heavy atom. The van der Waals surface area contributed by atoms with E-state index in [-0.39, 0.29) is 12.2 Å². The third-order valence-electron chi connectivity index (χ3n) is 8.50. The van der Waals surface area contributed by atoms with Crippen molar-refractivity contribution in [1.29, 1.82) is 0 Å². The lowest BCUT2D eigenvalue weighted by Crippen LogP contribution is -2.11. The maximum atomic E-state index is 7.05. The van der Waals surface area contributed by atoms with E-state index in [4.69, 9.17) is 4.74 Å². The van der Waals surface area contributed by atoms with Crippen LogP contribution in [0.5, 0.6) is 0 Å². The summed E-state index contributed by atoms with van der Waals surface area (Å²) in [5.74, 6) is 0. The highest BCUT2D eigenvalue weighted by Crippen LogP contribution is 2.35. The lowest BCUT2D eigenvalue weighted by atomic mass is 9.98. The molecule has 0 aliphatic heterocycles. The zero-order valence-electron chi connectivity index (χ0n) is 26.2. The first kappa shape index (κ1) is 36.6. The summed E-state index contributed by atoms with van der Waals surface area (Å²) in [7, 11) is 0. The van der Waals surface area contributed by atoms with Crippen molar-refractivity contribution in [3.63, 3.8) is 0 Å². The molecule has 0 aliphatic rings. The Hall–Kier alpha value is -1.24. The molecule has 0 aromatic heterocycles. The normalized spacial score (nSPS) is 12.7. The summed E-state index contributed by atoms with van der Waals surface area (Å²) < 4.78 is 11.6. The second-order valence-corrected chi connectivity index (χ2v) is 15.7. The highest BCUT2D eigenvalue weighted by atomic mass is 79.9. The lowest BCUT2D eigenvalue weighted by Gasteiger charge is -2.26. The highest BCUT2D eigenvalue weighted by molar-refractivity contribution is 9.11. The molecule has 45 heavy (non-hydrogen) atoms. The zero-order chi connectivity index (χ0) is 31.7. The monoisotopic (exact) mass is 858 g/mol. The average molecular weight is 862 g/mol. The molecule has 0 bridgehead atoms. The molecule has 5 heteroatoms. The maximum Gasteiger partial charge on any atom is 0.0833 e. The fourth-order valence-corrected chi connectivity index (χ4v) is 6.92. The van der Waals surface area contributed by atoms with Crippen LogP contribution in [0.3, 0.4) is 0 Å². The van der Waals surface area contributed by atoms with Crippen molar-refractivity contribution < 1.29 is 4.74 Å². The SMILES string of the molecule is Brc1ccc(CCCCCCCC(OC(CCCCCCCc2ccc(Br)cc2)c2ccc(Br)cc2)c2ccc(Br)cc2)cc1. The number of hydrogen-bond donors (Lipinski definition) is 0. The first-order chi connectivity index (χ1) is 22.0. The van der Waals surface area contributed by atoms with Gasteiger partial charge in [-0.2, -0.15) is 0 Å². The van der Waals surface area contributed by atoms with Gasteiger partial charge < -0.3 is 4.74 Å². The quantitative estimate of drug-likeness (QED) is 0.0805. The van der Waals surface area contributed by atoms with E-state index in [9.17, 15) is 0 Å². The van der Waals surface area contributed by atoms with Gasteiger partial charge in [0, 0.05) is 17.9 Å². The van der Waals surface area contributed by atoms with E-state index in [0.29, 0.717) is 0 Å². The maximum absolute atomic E-state index is 7.05. The second kappa shape index (κ2) is 20.9. The number of unbranched alkanes of at least 4 members (excludes halogenated alkanes) is 8. The van der Waals surface area contributed by atoms with Crippen LogP contribution < -0.4 is 0 Å². The van der Waals surface area contributed by atoms with Crippen molar-refractivity contribution in [3.05, 3.63) is 137 Å². The molecular weight excluding hydrogens is 816 g/mol. The fourth-order valence-electron chi connectivity index (χ4n) is 5.86. The van der Waals surface area contributed by atoms with Crippen LogP contribution in [0.4, 0.5) is 0 Å². The van der Waals surface area contributed by atoms with E-state index in [0.717, 1.165) is 43.6 Å². The van der Waals surface area contributed by atoms with Gasteiger partial charge in [-0.05, 0) is 109 Å². The number of halogens is 4. The van der Waals surface area contributed by atoms with Gasteiger partial charge in [0.2, 0.25) is 0 Å². The second-order valence-electron chi connectivity index (χ2n) is 12.1.